The molecule has 0 aliphatic heterocycles. The molecule has 1 atom stereocenters. The fourth-order valence-electron chi connectivity index (χ4n) is 0.936. The lowest BCUT2D eigenvalue weighted by Crippen LogP contribution is -2.39. The molecule has 0 heterocycles. The standard InChI is InChI=1S/C10H21NOS2/c1-5-6-7-11-9(12)8(2)10(3,4)14-13/h8,13H,5-7H2,1-4H3,(H,11,12)/t8-/m1/s1. The lowest BCUT2D eigenvalue weighted by molar-refractivity contribution is -0.125. The zero-order valence-corrected chi connectivity index (χ0v) is 11.2. The van der Waals surface area contributed by atoms with Gasteiger partial charge in [-0.3, -0.25) is 4.79 Å². The lowest BCUT2D eigenvalue weighted by Gasteiger charge is -2.27. The summed E-state index contributed by atoms with van der Waals surface area (Å²) < 4.78 is -0.112. The molecule has 14 heavy (non-hydrogen) atoms. The third-order valence-corrected chi connectivity index (χ3v) is 4.74. The molecule has 0 aromatic heterocycles. The van der Waals surface area contributed by atoms with Crippen LogP contribution in [0.2, 0.25) is 0 Å². The van der Waals surface area contributed by atoms with Gasteiger partial charge in [0.15, 0.2) is 0 Å². The van der Waals surface area contributed by atoms with E-state index < -0.39 is 0 Å². The Kier molecular flexibility index (Phi) is 6.70. The molecule has 0 unspecified atom stereocenters. The normalized spacial score (nSPS) is 13.8. The van der Waals surface area contributed by atoms with Gasteiger partial charge in [-0.15, -0.1) is 11.7 Å². The molecule has 0 fully saturated rings. The van der Waals surface area contributed by atoms with Gasteiger partial charge in [0, 0.05) is 11.3 Å². The molecule has 0 radical (unpaired) electrons. The Bertz CT molecular complexity index is 183. The zero-order chi connectivity index (χ0) is 11.2. The number of hydrogen-bond donors (Lipinski definition) is 2. The summed E-state index contributed by atoms with van der Waals surface area (Å²) in [7, 11) is 1.44. The minimum absolute atomic E-state index is 0.0122. The number of carbonyl (C=O) groups is 1. The van der Waals surface area contributed by atoms with Crippen LogP contribution in [0.3, 0.4) is 0 Å². The van der Waals surface area contributed by atoms with Crippen molar-refractivity contribution in [3.63, 3.8) is 0 Å². The summed E-state index contributed by atoms with van der Waals surface area (Å²) >= 11 is 4.18. The summed E-state index contributed by atoms with van der Waals surface area (Å²) in [5, 5.41) is 2.94. The summed E-state index contributed by atoms with van der Waals surface area (Å²) in [6.45, 7) is 8.92. The van der Waals surface area contributed by atoms with Crippen LogP contribution < -0.4 is 5.32 Å². The van der Waals surface area contributed by atoms with Gasteiger partial charge in [-0.1, -0.05) is 31.1 Å². The lowest BCUT2D eigenvalue weighted by atomic mass is 9.96. The van der Waals surface area contributed by atoms with E-state index >= 15 is 0 Å². The number of hydrogen-bond acceptors (Lipinski definition) is 3. The van der Waals surface area contributed by atoms with Crippen LogP contribution in [-0.4, -0.2) is 17.2 Å². The van der Waals surface area contributed by atoms with Crippen molar-refractivity contribution in [2.75, 3.05) is 6.54 Å². The summed E-state index contributed by atoms with van der Waals surface area (Å²) in [4.78, 5) is 11.7. The maximum atomic E-state index is 11.7. The Labute approximate surface area is 96.4 Å². The quantitative estimate of drug-likeness (QED) is 0.421. The van der Waals surface area contributed by atoms with Crippen molar-refractivity contribution in [2.45, 2.75) is 45.3 Å². The SMILES string of the molecule is CCCCNC(=O)[C@@H](C)C(C)(C)SS. The number of thiol groups is 1. The van der Waals surface area contributed by atoms with Crippen LogP contribution >= 0.6 is 22.5 Å². The maximum Gasteiger partial charge on any atom is 0.224 e. The van der Waals surface area contributed by atoms with Crippen LogP contribution in [0, 0.1) is 5.92 Å². The van der Waals surface area contributed by atoms with Crippen molar-refractivity contribution in [3.05, 3.63) is 0 Å². The molecule has 2 nitrogen and oxygen atoms in total. The molecule has 0 bridgehead atoms. The Morgan fingerprint density at radius 3 is 2.57 bits per heavy atom. The molecule has 0 aromatic rings. The summed E-state index contributed by atoms with van der Waals surface area (Å²) in [5.74, 6) is 0.117. The number of unbranched alkanes of at least 4 members (excludes halogenated alkanes) is 1. The van der Waals surface area contributed by atoms with E-state index in [-0.39, 0.29) is 16.6 Å². The van der Waals surface area contributed by atoms with Gasteiger partial charge in [-0.25, -0.2) is 0 Å². The summed E-state index contributed by atoms with van der Waals surface area (Å²) in [6.07, 6.45) is 2.16. The van der Waals surface area contributed by atoms with Crippen LogP contribution in [0.1, 0.15) is 40.5 Å². The maximum absolute atomic E-state index is 11.7. The smallest absolute Gasteiger partial charge is 0.224 e. The largest absolute Gasteiger partial charge is 0.356 e. The highest BCUT2D eigenvalue weighted by Crippen LogP contribution is 2.34. The minimum atomic E-state index is -0.112. The molecule has 0 saturated heterocycles. The highest BCUT2D eigenvalue weighted by atomic mass is 33.1. The second-order valence-corrected chi connectivity index (χ2v) is 5.84. The molecule has 0 spiro atoms. The van der Waals surface area contributed by atoms with Gasteiger partial charge >= 0.3 is 0 Å². The van der Waals surface area contributed by atoms with Gasteiger partial charge in [-0.2, -0.15) is 0 Å². The number of nitrogens with one attached hydrogen (secondary N) is 1. The molecule has 1 N–H and O–H groups in total. The van der Waals surface area contributed by atoms with Gasteiger partial charge in [0.25, 0.3) is 0 Å². The molecule has 0 saturated carbocycles. The average Bonchev–Trinajstić information content (AvgIpc) is 2.17. The molecule has 0 rings (SSSR count). The van der Waals surface area contributed by atoms with E-state index in [2.05, 4.69) is 23.9 Å². The van der Waals surface area contributed by atoms with Crippen LogP contribution in [0.5, 0.6) is 0 Å². The van der Waals surface area contributed by atoms with E-state index in [9.17, 15) is 4.79 Å². The van der Waals surface area contributed by atoms with Gasteiger partial charge in [0.1, 0.15) is 0 Å². The minimum Gasteiger partial charge on any atom is -0.356 e. The fraction of sp³-hybridized carbons (Fsp3) is 0.900. The monoisotopic (exact) mass is 235 g/mol. The molecule has 0 aliphatic rings. The molecule has 1 amide bonds. The van der Waals surface area contributed by atoms with Crippen LogP contribution in [0.4, 0.5) is 0 Å². The molecule has 0 aromatic carbocycles. The zero-order valence-electron chi connectivity index (χ0n) is 9.46. The molecule has 84 valence electrons. The van der Waals surface area contributed by atoms with Crippen molar-refractivity contribution < 1.29 is 4.79 Å². The Morgan fingerprint density at radius 2 is 2.14 bits per heavy atom. The number of rotatable bonds is 6. The van der Waals surface area contributed by atoms with Gasteiger partial charge < -0.3 is 5.32 Å². The number of amides is 1. The van der Waals surface area contributed by atoms with Crippen LogP contribution in [0.15, 0.2) is 0 Å². The molecular weight excluding hydrogens is 214 g/mol. The first-order valence-corrected chi connectivity index (χ1v) is 6.93. The van der Waals surface area contributed by atoms with Crippen molar-refractivity contribution in [3.8, 4) is 0 Å². The molecule has 0 aliphatic carbocycles. The van der Waals surface area contributed by atoms with Crippen molar-refractivity contribution in [2.24, 2.45) is 5.92 Å². The highest BCUT2D eigenvalue weighted by molar-refractivity contribution is 8.69. The molecular formula is C10H21NOS2. The van der Waals surface area contributed by atoms with Gasteiger partial charge in [0.2, 0.25) is 5.91 Å². The summed E-state index contributed by atoms with van der Waals surface area (Å²) in [5.41, 5.74) is 0. The van der Waals surface area contributed by atoms with Gasteiger partial charge in [-0.05, 0) is 20.3 Å². The third kappa shape index (κ3) is 4.60. The van der Waals surface area contributed by atoms with E-state index in [1.165, 1.54) is 10.8 Å². The number of carbonyl (C=O) groups excluding carboxylic acids is 1. The van der Waals surface area contributed by atoms with E-state index in [0.717, 1.165) is 19.4 Å². The molecule has 4 heteroatoms. The first-order valence-electron chi connectivity index (χ1n) is 5.06. The average molecular weight is 235 g/mol. The Balaban J connectivity index is 3.99. The van der Waals surface area contributed by atoms with Gasteiger partial charge in [0.05, 0.1) is 5.92 Å². The second kappa shape index (κ2) is 6.62. The van der Waals surface area contributed by atoms with Crippen molar-refractivity contribution in [1.29, 1.82) is 0 Å². The second-order valence-electron chi connectivity index (χ2n) is 4.06. The van der Waals surface area contributed by atoms with E-state index in [1.807, 2.05) is 20.8 Å². The first-order chi connectivity index (χ1) is 6.45. The van der Waals surface area contributed by atoms with Crippen molar-refractivity contribution in [1.82, 2.24) is 5.32 Å². The van der Waals surface area contributed by atoms with E-state index in [4.69, 9.17) is 0 Å². The Hall–Kier alpha value is 0.170. The van der Waals surface area contributed by atoms with Crippen molar-refractivity contribution >= 4 is 28.4 Å². The van der Waals surface area contributed by atoms with E-state index in [1.54, 1.807) is 0 Å². The highest BCUT2D eigenvalue weighted by Gasteiger charge is 2.30. The third-order valence-electron chi connectivity index (χ3n) is 2.50. The van der Waals surface area contributed by atoms with Crippen LogP contribution in [-0.2, 0) is 4.79 Å². The fourth-order valence-corrected chi connectivity index (χ4v) is 1.68. The predicted molar refractivity (Wildman–Crippen MR) is 67.7 cm³/mol. The van der Waals surface area contributed by atoms with Crippen LogP contribution in [0.25, 0.3) is 0 Å². The first kappa shape index (κ1) is 14.2. The Morgan fingerprint density at radius 1 is 1.57 bits per heavy atom. The predicted octanol–water partition coefficient (Wildman–Crippen LogP) is 2.90. The van der Waals surface area contributed by atoms with E-state index in [0.29, 0.717) is 0 Å². The summed E-state index contributed by atoms with van der Waals surface area (Å²) in [6, 6.07) is 0. The topological polar surface area (TPSA) is 29.1 Å².